The van der Waals surface area contributed by atoms with E-state index in [1.165, 1.54) is 11.0 Å². The van der Waals surface area contributed by atoms with Crippen molar-refractivity contribution >= 4 is 52.5 Å². The van der Waals surface area contributed by atoms with E-state index in [1.54, 1.807) is 42.5 Å². The van der Waals surface area contributed by atoms with Crippen molar-refractivity contribution < 1.29 is 14.3 Å². The molecule has 1 heterocycles. The minimum Gasteiger partial charge on any atom is -0.492 e. The summed E-state index contributed by atoms with van der Waals surface area (Å²) in [5.41, 5.74) is 1.17. The number of nitrogens with zero attached hydrogens (tertiary/aromatic N) is 1. The van der Waals surface area contributed by atoms with Gasteiger partial charge in [-0.3, -0.25) is 19.8 Å². The number of carbonyl (C=O) groups is 2. The van der Waals surface area contributed by atoms with Gasteiger partial charge in [0.2, 0.25) is 0 Å². The van der Waals surface area contributed by atoms with E-state index >= 15 is 0 Å². The van der Waals surface area contributed by atoms with E-state index in [1.807, 2.05) is 13.0 Å². The van der Waals surface area contributed by atoms with Crippen LogP contribution in [0.4, 0.5) is 5.69 Å². The summed E-state index contributed by atoms with van der Waals surface area (Å²) >= 11 is 11.3. The molecule has 3 rings (SSSR count). The summed E-state index contributed by atoms with van der Waals surface area (Å²) in [6, 6.07) is 14.0. The van der Waals surface area contributed by atoms with E-state index in [4.69, 9.17) is 28.6 Å². The summed E-state index contributed by atoms with van der Waals surface area (Å²) in [7, 11) is 0. The molecular formula is C19H15ClN2O3S. The first-order valence-electron chi connectivity index (χ1n) is 7.90. The summed E-state index contributed by atoms with van der Waals surface area (Å²) < 4.78 is 5.39. The van der Waals surface area contributed by atoms with Gasteiger partial charge in [-0.05, 0) is 55.0 Å². The SMILES string of the molecule is CCOc1ccc(/C=C2\C(=O)NC(=S)N(c3ccccc3)C2=O)cc1Cl. The van der Waals surface area contributed by atoms with E-state index < -0.39 is 11.8 Å². The molecule has 0 unspecified atom stereocenters. The zero-order valence-corrected chi connectivity index (χ0v) is 15.4. The molecule has 0 spiro atoms. The molecule has 0 bridgehead atoms. The quantitative estimate of drug-likeness (QED) is 0.496. The van der Waals surface area contributed by atoms with Gasteiger partial charge in [0.25, 0.3) is 11.8 Å². The van der Waals surface area contributed by atoms with Crippen molar-refractivity contribution in [2.75, 3.05) is 11.5 Å². The van der Waals surface area contributed by atoms with E-state index in [9.17, 15) is 9.59 Å². The van der Waals surface area contributed by atoms with Crippen LogP contribution in [0.15, 0.2) is 54.1 Å². The van der Waals surface area contributed by atoms with Gasteiger partial charge in [-0.2, -0.15) is 0 Å². The van der Waals surface area contributed by atoms with Crippen LogP contribution in [0.25, 0.3) is 6.08 Å². The number of benzene rings is 2. The van der Waals surface area contributed by atoms with Crippen molar-refractivity contribution in [2.45, 2.75) is 6.92 Å². The molecule has 0 aromatic heterocycles. The highest BCUT2D eigenvalue weighted by Crippen LogP contribution is 2.27. The molecule has 26 heavy (non-hydrogen) atoms. The molecule has 1 aliphatic heterocycles. The van der Waals surface area contributed by atoms with Crippen LogP contribution < -0.4 is 15.0 Å². The molecule has 0 radical (unpaired) electrons. The van der Waals surface area contributed by atoms with Crippen LogP contribution in [0, 0.1) is 0 Å². The van der Waals surface area contributed by atoms with Crippen LogP contribution in [0.2, 0.25) is 5.02 Å². The van der Waals surface area contributed by atoms with Gasteiger partial charge >= 0.3 is 0 Å². The van der Waals surface area contributed by atoms with Crippen LogP contribution in [-0.2, 0) is 9.59 Å². The van der Waals surface area contributed by atoms with Crippen LogP contribution in [0.5, 0.6) is 5.75 Å². The number of amides is 2. The molecule has 1 saturated heterocycles. The van der Waals surface area contributed by atoms with Crippen LogP contribution in [-0.4, -0.2) is 23.5 Å². The average molecular weight is 387 g/mol. The Bertz CT molecular complexity index is 912. The maximum absolute atomic E-state index is 12.9. The van der Waals surface area contributed by atoms with Crippen molar-refractivity contribution in [2.24, 2.45) is 0 Å². The van der Waals surface area contributed by atoms with E-state index in [0.29, 0.717) is 28.6 Å². The van der Waals surface area contributed by atoms with Gasteiger partial charge in [0.15, 0.2) is 5.11 Å². The number of anilines is 1. The molecule has 7 heteroatoms. The van der Waals surface area contributed by atoms with Crippen molar-refractivity contribution in [3.8, 4) is 5.75 Å². The highest BCUT2D eigenvalue weighted by molar-refractivity contribution is 7.80. The summed E-state index contributed by atoms with van der Waals surface area (Å²) in [4.78, 5) is 26.4. The number of halogens is 1. The van der Waals surface area contributed by atoms with E-state index in [0.717, 1.165) is 0 Å². The Morgan fingerprint density at radius 1 is 1.19 bits per heavy atom. The fourth-order valence-corrected chi connectivity index (χ4v) is 3.04. The average Bonchev–Trinajstić information content (AvgIpc) is 2.62. The smallest absolute Gasteiger partial charge is 0.270 e. The lowest BCUT2D eigenvalue weighted by Crippen LogP contribution is -2.54. The van der Waals surface area contributed by atoms with Gasteiger partial charge in [0.05, 0.1) is 17.3 Å². The number of para-hydroxylation sites is 1. The molecule has 5 nitrogen and oxygen atoms in total. The monoisotopic (exact) mass is 386 g/mol. The normalized spacial score (nSPS) is 16.0. The summed E-state index contributed by atoms with van der Waals surface area (Å²) in [6.45, 7) is 2.35. The van der Waals surface area contributed by atoms with Crippen molar-refractivity contribution in [1.82, 2.24) is 5.32 Å². The third kappa shape index (κ3) is 3.61. The molecule has 2 aromatic rings. The molecule has 0 atom stereocenters. The lowest BCUT2D eigenvalue weighted by molar-refractivity contribution is -0.122. The Morgan fingerprint density at radius 3 is 2.58 bits per heavy atom. The molecule has 2 aromatic carbocycles. The second kappa shape index (κ2) is 7.68. The van der Waals surface area contributed by atoms with Crippen molar-refractivity contribution in [3.63, 3.8) is 0 Å². The van der Waals surface area contributed by atoms with Gasteiger partial charge in [-0.1, -0.05) is 35.9 Å². The molecule has 132 valence electrons. The Hall–Kier alpha value is -2.70. The lowest BCUT2D eigenvalue weighted by Gasteiger charge is -2.28. The highest BCUT2D eigenvalue weighted by atomic mass is 35.5. The van der Waals surface area contributed by atoms with Gasteiger partial charge in [-0.25, -0.2) is 0 Å². The van der Waals surface area contributed by atoms with E-state index in [2.05, 4.69) is 5.32 Å². The molecule has 1 fully saturated rings. The first kappa shape index (κ1) is 18.1. The Morgan fingerprint density at radius 2 is 1.92 bits per heavy atom. The minimum absolute atomic E-state index is 0.0253. The summed E-state index contributed by atoms with van der Waals surface area (Å²) in [6.07, 6.45) is 1.48. The van der Waals surface area contributed by atoms with Crippen molar-refractivity contribution in [3.05, 3.63) is 64.7 Å². The van der Waals surface area contributed by atoms with Crippen molar-refractivity contribution in [1.29, 1.82) is 0 Å². The minimum atomic E-state index is -0.544. The number of thiocarbonyl (C=S) groups is 1. The maximum atomic E-state index is 12.9. The van der Waals surface area contributed by atoms with Gasteiger partial charge < -0.3 is 4.74 Å². The van der Waals surface area contributed by atoms with E-state index in [-0.39, 0.29) is 10.7 Å². The number of hydrogen-bond donors (Lipinski definition) is 1. The number of rotatable bonds is 4. The first-order valence-corrected chi connectivity index (χ1v) is 8.68. The second-order valence-electron chi connectivity index (χ2n) is 5.42. The van der Waals surface area contributed by atoms with Gasteiger partial charge in [-0.15, -0.1) is 0 Å². The topological polar surface area (TPSA) is 58.6 Å². The third-order valence-corrected chi connectivity index (χ3v) is 4.26. The second-order valence-corrected chi connectivity index (χ2v) is 6.21. The Balaban J connectivity index is 1.97. The number of hydrogen-bond acceptors (Lipinski definition) is 4. The molecule has 1 N–H and O–H groups in total. The number of nitrogens with one attached hydrogen (secondary N) is 1. The highest BCUT2D eigenvalue weighted by Gasteiger charge is 2.34. The maximum Gasteiger partial charge on any atom is 0.270 e. The zero-order chi connectivity index (χ0) is 18.7. The molecule has 2 amide bonds. The summed E-state index contributed by atoms with van der Waals surface area (Å²) in [5, 5.41) is 3.00. The third-order valence-electron chi connectivity index (χ3n) is 3.68. The largest absolute Gasteiger partial charge is 0.492 e. The zero-order valence-electron chi connectivity index (χ0n) is 13.9. The first-order chi connectivity index (χ1) is 12.5. The molecular weight excluding hydrogens is 372 g/mol. The Labute approximate surface area is 161 Å². The molecule has 0 aliphatic carbocycles. The Kier molecular flexibility index (Phi) is 5.35. The number of carbonyl (C=O) groups excluding carboxylic acids is 2. The van der Waals surface area contributed by atoms with Crippen LogP contribution in [0.3, 0.4) is 0 Å². The van der Waals surface area contributed by atoms with Gasteiger partial charge in [0.1, 0.15) is 11.3 Å². The fraction of sp³-hybridized carbons (Fsp3) is 0.105. The number of ether oxygens (including phenoxy) is 1. The lowest BCUT2D eigenvalue weighted by atomic mass is 10.1. The summed E-state index contributed by atoms with van der Waals surface area (Å²) in [5.74, 6) is -0.491. The van der Waals surface area contributed by atoms with Gasteiger partial charge in [0, 0.05) is 0 Å². The predicted octanol–water partition coefficient (Wildman–Crippen LogP) is 3.57. The van der Waals surface area contributed by atoms with Crippen LogP contribution >= 0.6 is 23.8 Å². The molecule has 1 aliphatic rings. The standard InChI is InChI=1S/C19H15ClN2O3S/c1-2-25-16-9-8-12(11-15(16)20)10-14-17(23)21-19(26)22(18(14)24)13-6-4-3-5-7-13/h3-11H,2H2,1H3,(H,21,23,26)/b14-10+. The molecule has 0 saturated carbocycles. The predicted molar refractivity (Wildman–Crippen MR) is 105 cm³/mol. The fourth-order valence-electron chi connectivity index (χ4n) is 2.52. The van der Waals surface area contributed by atoms with Crippen LogP contribution in [0.1, 0.15) is 12.5 Å².